The van der Waals surface area contributed by atoms with Crippen molar-refractivity contribution in [2.75, 3.05) is 20.2 Å². The Kier molecular flexibility index (Phi) is 6.88. The molecule has 0 radical (unpaired) electrons. The average Bonchev–Trinajstić information content (AvgIpc) is 2.72. The van der Waals surface area contributed by atoms with E-state index in [1.54, 1.807) is 32.9 Å². The van der Waals surface area contributed by atoms with Crippen LogP contribution in [0.15, 0.2) is 30.3 Å². The number of likely N-dealkylation sites (tertiary alicyclic amines) is 1. The number of aromatic nitrogens is 2. The summed E-state index contributed by atoms with van der Waals surface area (Å²) in [6.45, 7) is 5.95. The number of methoxy groups -OCH3 is 1. The van der Waals surface area contributed by atoms with Crippen LogP contribution in [0.2, 0.25) is 0 Å². The number of alkyl halides is 3. The van der Waals surface area contributed by atoms with E-state index in [1.165, 1.54) is 18.1 Å². The van der Waals surface area contributed by atoms with Gasteiger partial charge in [0, 0.05) is 18.5 Å². The van der Waals surface area contributed by atoms with Gasteiger partial charge in [-0.05, 0) is 63.9 Å². The second-order valence-electron chi connectivity index (χ2n) is 9.23. The van der Waals surface area contributed by atoms with Crippen molar-refractivity contribution in [3.8, 4) is 17.0 Å². The number of piperidine rings is 1. The highest BCUT2D eigenvalue weighted by molar-refractivity contribution is 5.68. The Bertz CT molecular complexity index is 990. The third-order valence-corrected chi connectivity index (χ3v) is 5.24. The van der Waals surface area contributed by atoms with Crippen molar-refractivity contribution >= 4 is 6.09 Å². The van der Waals surface area contributed by atoms with Crippen LogP contribution in [0.5, 0.6) is 5.75 Å². The first-order valence-corrected chi connectivity index (χ1v) is 10.6. The van der Waals surface area contributed by atoms with E-state index in [4.69, 9.17) is 9.47 Å². The Morgan fingerprint density at radius 1 is 1.18 bits per heavy atom. The summed E-state index contributed by atoms with van der Waals surface area (Å²) in [5, 5.41) is 19.3. The standard InChI is InChI=1S/C23H28F3N3O4/c1-21(2,3)33-20(30)29-11-5-10-22(31,14-29)13-16-7-9-18(28-27-16)17-8-6-15(23(24,25)26)12-19(17)32-4/h6-9,12,31H,5,10-11,13-14H2,1-4H3. The van der Waals surface area contributed by atoms with Crippen molar-refractivity contribution in [2.45, 2.75) is 57.4 Å². The molecule has 1 amide bonds. The number of benzene rings is 1. The summed E-state index contributed by atoms with van der Waals surface area (Å²) in [7, 11) is 1.29. The molecular weight excluding hydrogens is 439 g/mol. The number of amides is 1. The summed E-state index contributed by atoms with van der Waals surface area (Å²) in [5.74, 6) is 0.0331. The van der Waals surface area contributed by atoms with Gasteiger partial charge in [-0.3, -0.25) is 0 Å². The molecule has 0 saturated carbocycles. The van der Waals surface area contributed by atoms with Crippen LogP contribution in [0.25, 0.3) is 11.3 Å². The van der Waals surface area contributed by atoms with Gasteiger partial charge in [0.1, 0.15) is 11.4 Å². The zero-order valence-electron chi connectivity index (χ0n) is 19.1. The van der Waals surface area contributed by atoms with Crippen LogP contribution >= 0.6 is 0 Å². The summed E-state index contributed by atoms with van der Waals surface area (Å²) < 4.78 is 49.4. The fourth-order valence-corrected chi connectivity index (χ4v) is 3.75. The highest BCUT2D eigenvalue weighted by atomic mass is 19.4. The molecule has 2 heterocycles. The van der Waals surface area contributed by atoms with Crippen LogP contribution < -0.4 is 4.74 Å². The summed E-state index contributed by atoms with van der Waals surface area (Å²) in [4.78, 5) is 13.9. The SMILES string of the molecule is COc1cc(C(F)(F)F)ccc1-c1ccc(CC2(O)CCCN(C(=O)OC(C)(C)C)C2)nn1. The third-order valence-electron chi connectivity index (χ3n) is 5.24. The van der Waals surface area contributed by atoms with Gasteiger partial charge in [-0.2, -0.15) is 23.4 Å². The molecule has 7 nitrogen and oxygen atoms in total. The lowest BCUT2D eigenvalue weighted by atomic mass is 9.88. The molecule has 1 atom stereocenters. The number of carbonyl (C=O) groups is 1. The summed E-state index contributed by atoms with van der Waals surface area (Å²) >= 11 is 0. The molecule has 0 bridgehead atoms. The number of nitrogens with zero attached hydrogens (tertiary/aromatic N) is 3. The van der Waals surface area contributed by atoms with Crippen molar-refractivity contribution in [3.63, 3.8) is 0 Å². The van der Waals surface area contributed by atoms with Gasteiger partial charge in [0.05, 0.1) is 36.2 Å². The fraction of sp³-hybridized carbons (Fsp3) is 0.522. The van der Waals surface area contributed by atoms with E-state index in [9.17, 15) is 23.1 Å². The smallest absolute Gasteiger partial charge is 0.416 e. The van der Waals surface area contributed by atoms with E-state index in [0.29, 0.717) is 36.3 Å². The van der Waals surface area contributed by atoms with Crippen LogP contribution in [-0.4, -0.2) is 57.7 Å². The number of aliphatic hydroxyl groups is 1. The second-order valence-corrected chi connectivity index (χ2v) is 9.23. The Morgan fingerprint density at radius 3 is 2.48 bits per heavy atom. The minimum atomic E-state index is -4.48. The lowest BCUT2D eigenvalue weighted by Crippen LogP contribution is -2.52. The number of hydrogen-bond donors (Lipinski definition) is 1. The van der Waals surface area contributed by atoms with Gasteiger partial charge in [0.25, 0.3) is 0 Å². The minimum Gasteiger partial charge on any atom is -0.496 e. The van der Waals surface area contributed by atoms with E-state index in [0.717, 1.165) is 12.1 Å². The first kappa shape index (κ1) is 24.8. The number of carbonyl (C=O) groups excluding carboxylic acids is 1. The fourth-order valence-electron chi connectivity index (χ4n) is 3.75. The first-order valence-electron chi connectivity index (χ1n) is 10.6. The molecule has 0 aliphatic carbocycles. The normalized spacial score (nSPS) is 19.3. The maximum atomic E-state index is 13.0. The minimum absolute atomic E-state index is 0.0331. The third kappa shape index (κ3) is 6.34. The van der Waals surface area contributed by atoms with E-state index < -0.39 is 29.0 Å². The molecule has 1 aromatic carbocycles. The summed E-state index contributed by atoms with van der Waals surface area (Å²) in [5.41, 5.74) is -1.42. The van der Waals surface area contributed by atoms with Gasteiger partial charge in [-0.25, -0.2) is 4.79 Å². The second kappa shape index (κ2) is 9.17. The molecular formula is C23H28F3N3O4. The van der Waals surface area contributed by atoms with Crippen LogP contribution in [0.3, 0.4) is 0 Å². The van der Waals surface area contributed by atoms with Gasteiger partial charge in [-0.15, -0.1) is 0 Å². The van der Waals surface area contributed by atoms with Crippen LogP contribution in [0.4, 0.5) is 18.0 Å². The summed E-state index contributed by atoms with van der Waals surface area (Å²) in [6.07, 6.45) is -3.68. The van der Waals surface area contributed by atoms with E-state index in [1.807, 2.05) is 0 Å². The first-order chi connectivity index (χ1) is 15.3. The molecule has 1 saturated heterocycles. The zero-order valence-corrected chi connectivity index (χ0v) is 19.1. The molecule has 1 N–H and O–H groups in total. The monoisotopic (exact) mass is 467 g/mol. The van der Waals surface area contributed by atoms with E-state index in [-0.39, 0.29) is 18.7 Å². The van der Waals surface area contributed by atoms with Gasteiger partial charge >= 0.3 is 12.3 Å². The molecule has 2 aromatic rings. The van der Waals surface area contributed by atoms with Crippen LogP contribution in [-0.2, 0) is 17.3 Å². The van der Waals surface area contributed by atoms with Crippen LogP contribution in [0, 0.1) is 0 Å². The topological polar surface area (TPSA) is 84.8 Å². The predicted octanol–water partition coefficient (Wildman–Crippen LogP) is 4.48. The van der Waals surface area contributed by atoms with Crippen molar-refractivity contribution in [2.24, 2.45) is 0 Å². The molecule has 3 rings (SSSR count). The largest absolute Gasteiger partial charge is 0.496 e. The molecule has 180 valence electrons. The van der Waals surface area contributed by atoms with Crippen molar-refractivity contribution in [3.05, 3.63) is 41.6 Å². The van der Waals surface area contributed by atoms with E-state index in [2.05, 4.69) is 10.2 Å². The molecule has 10 heteroatoms. The van der Waals surface area contributed by atoms with Crippen molar-refractivity contribution < 1.29 is 32.5 Å². The highest BCUT2D eigenvalue weighted by Crippen LogP contribution is 2.36. The quantitative estimate of drug-likeness (QED) is 0.714. The predicted molar refractivity (Wildman–Crippen MR) is 115 cm³/mol. The van der Waals surface area contributed by atoms with Gasteiger partial charge < -0.3 is 19.5 Å². The molecule has 1 aliphatic rings. The molecule has 1 aromatic heterocycles. The van der Waals surface area contributed by atoms with Gasteiger partial charge in [0.2, 0.25) is 0 Å². The maximum Gasteiger partial charge on any atom is 0.416 e. The Labute approximate surface area is 190 Å². The number of hydrogen-bond acceptors (Lipinski definition) is 6. The van der Waals surface area contributed by atoms with Gasteiger partial charge in [-0.1, -0.05) is 0 Å². The highest BCUT2D eigenvalue weighted by Gasteiger charge is 2.37. The Morgan fingerprint density at radius 2 is 1.91 bits per heavy atom. The molecule has 0 spiro atoms. The number of halogens is 3. The molecule has 1 aliphatic heterocycles. The zero-order chi connectivity index (χ0) is 24.4. The average molecular weight is 467 g/mol. The number of β-amino-alcohol motifs (C(OH)–C–C–N with tert-alkyl or cyclic N) is 1. The van der Waals surface area contributed by atoms with E-state index >= 15 is 0 Å². The lowest BCUT2D eigenvalue weighted by molar-refractivity contribution is -0.137. The number of ether oxygens (including phenoxy) is 2. The molecule has 1 fully saturated rings. The molecule has 1 unspecified atom stereocenters. The van der Waals surface area contributed by atoms with Crippen molar-refractivity contribution in [1.29, 1.82) is 0 Å². The van der Waals surface area contributed by atoms with Crippen molar-refractivity contribution in [1.82, 2.24) is 15.1 Å². The number of rotatable bonds is 4. The van der Waals surface area contributed by atoms with Gasteiger partial charge in [0.15, 0.2) is 0 Å². The Balaban J connectivity index is 1.73. The van der Waals surface area contributed by atoms with Crippen LogP contribution in [0.1, 0.15) is 44.9 Å². The summed E-state index contributed by atoms with van der Waals surface area (Å²) in [6, 6.07) is 6.44. The molecule has 33 heavy (non-hydrogen) atoms. The maximum absolute atomic E-state index is 13.0. The lowest BCUT2D eigenvalue weighted by Gasteiger charge is -2.39. The Hall–Kier alpha value is -2.88.